The lowest BCUT2D eigenvalue weighted by Gasteiger charge is -2.35. The molecule has 7 nitrogen and oxygen atoms in total. The Bertz CT molecular complexity index is 820. The molecule has 0 aromatic heterocycles. The molecule has 1 aliphatic carbocycles. The summed E-state index contributed by atoms with van der Waals surface area (Å²) < 4.78 is 10.8. The van der Waals surface area contributed by atoms with Crippen LogP contribution < -0.4 is 0 Å². The molecule has 3 atom stereocenters. The van der Waals surface area contributed by atoms with Crippen LogP contribution in [0, 0.1) is 0 Å². The van der Waals surface area contributed by atoms with E-state index in [9.17, 15) is 24.6 Å². The predicted octanol–water partition coefficient (Wildman–Crippen LogP) is 0.876. The minimum absolute atomic E-state index is 0.00609. The van der Waals surface area contributed by atoms with E-state index in [1.807, 2.05) is 0 Å². The first-order chi connectivity index (χ1) is 10.9. The number of fused-ring (bicyclic) bond motifs is 3. The minimum Gasteiger partial charge on any atom is -0.507 e. The number of aromatic hydroxyl groups is 2. The van der Waals surface area contributed by atoms with E-state index < -0.39 is 41.6 Å². The molecular weight excluding hydrogens is 304 g/mol. The molecule has 0 saturated carbocycles. The number of ether oxygens (including phenoxy) is 2. The molecule has 0 amide bonds. The largest absolute Gasteiger partial charge is 0.507 e. The second kappa shape index (κ2) is 4.42. The molecule has 1 aromatic rings. The quantitative estimate of drug-likeness (QED) is 0.540. The zero-order valence-electron chi connectivity index (χ0n) is 12.0. The molecule has 4 rings (SSSR count). The standard InChI is InChI=1S/C16H12O7/c1-5-10-13(16-8(22-5)4-9(19)23-16)15(21)12-7(18)3-2-6(17)11(12)14(10)20/h2-3,5,8,16-18H,4H2,1H3/t5-,8+,16-/m0/s1. The first-order valence-electron chi connectivity index (χ1n) is 7.13. The van der Waals surface area contributed by atoms with Crippen molar-refractivity contribution in [2.45, 2.75) is 31.7 Å². The third-order valence-corrected chi connectivity index (χ3v) is 4.43. The Balaban J connectivity index is 1.98. The van der Waals surface area contributed by atoms with E-state index in [0.717, 1.165) is 12.1 Å². The fourth-order valence-corrected chi connectivity index (χ4v) is 3.47. The number of ketones is 2. The Morgan fingerprint density at radius 2 is 1.57 bits per heavy atom. The van der Waals surface area contributed by atoms with Gasteiger partial charge in [0.25, 0.3) is 0 Å². The molecule has 2 aliphatic heterocycles. The molecule has 0 spiro atoms. The maximum Gasteiger partial charge on any atom is 0.309 e. The number of Topliss-reactive ketones (excluding diaryl/α,β-unsaturated/α-hetero) is 2. The average molecular weight is 316 g/mol. The Kier molecular flexibility index (Phi) is 2.68. The van der Waals surface area contributed by atoms with Crippen LogP contribution in [0.15, 0.2) is 23.3 Å². The number of phenolic OH excluding ortho intramolecular Hbond substituents is 2. The van der Waals surface area contributed by atoms with Gasteiger partial charge in [-0.2, -0.15) is 0 Å². The molecular formula is C16H12O7. The van der Waals surface area contributed by atoms with Crippen LogP contribution in [0.4, 0.5) is 0 Å². The number of hydrogen-bond donors (Lipinski definition) is 2. The molecule has 118 valence electrons. The van der Waals surface area contributed by atoms with Crippen molar-refractivity contribution in [3.63, 3.8) is 0 Å². The summed E-state index contributed by atoms with van der Waals surface area (Å²) in [4.78, 5) is 37.1. The van der Waals surface area contributed by atoms with Crippen molar-refractivity contribution in [2.75, 3.05) is 0 Å². The molecule has 1 saturated heterocycles. The summed E-state index contributed by atoms with van der Waals surface area (Å²) in [5.74, 6) is -2.52. The zero-order valence-corrected chi connectivity index (χ0v) is 12.0. The molecule has 7 heteroatoms. The summed E-state index contributed by atoms with van der Waals surface area (Å²) in [6, 6.07) is 2.30. The fraction of sp³-hybridized carbons (Fsp3) is 0.312. The Labute approximate surface area is 130 Å². The van der Waals surface area contributed by atoms with E-state index in [1.165, 1.54) is 0 Å². The summed E-state index contributed by atoms with van der Waals surface area (Å²) in [6.45, 7) is 1.60. The van der Waals surface area contributed by atoms with Crippen LogP contribution in [0.3, 0.4) is 0 Å². The first-order valence-corrected chi connectivity index (χ1v) is 7.13. The second-order valence-corrected chi connectivity index (χ2v) is 5.77. The first kappa shape index (κ1) is 14.0. The van der Waals surface area contributed by atoms with Gasteiger partial charge < -0.3 is 19.7 Å². The van der Waals surface area contributed by atoms with Crippen molar-refractivity contribution < 1.29 is 34.1 Å². The molecule has 2 N–H and O–H groups in total. The highest BCUT2D eigenvalue weighted by Crippen LogP contribution is 2.44. The molecule has 0 bridgehead atoms. The minimum atomic E-state index is -0.958. The number of carbonyl (C=O) groups is 3. The van der Waals surface area contributed by atoms with Gasteiger partial charge in [0, 0.05) is 5.57 Å². The van der Waals surface area contributed by atoms with E-state index in [-0.39, 0.29) is 34.4 Å². The highest BCUT2D eigenvalue weighted by molar-refractivity contribution is 6.29. The number of hydrogen-bond acceptors (Lipinski definition) is 7. The molecule has 1 aromatic carbocycles. The van der Waals surface area contributed by atoms with Gasteiger partial charge in [0.1, 0.15) is 17.6 Å². The van der Waals surface area contributed by atoms with Crippen molar-refractivity contribution in [3.05, 3.63) is 34.4 Å². The maximum absolute atomic E-state index is 12.8. The van der Waals surface area contributed by atoms with Gasteiger partial charge in [-0.25, -0.2) is 0 Å². The van der Waals surface area contributed by atoms with Gasteiger partial charge in [0.2, 0.25) is 0 Å². The van der Waals surface area contributed by atoms with Gasteiger partial charge >= 0.3 is 5.97 Å². The Morgan fingerprint density at radius 3 is 2.17 bits per heavy atom. The molecule has 0 radical (unpaired) electrons. The van der Waals surface area contributed by atoms with Crippen molar-refractivity contribution in [1.82, 2.24) is 0 Å². The van der Waals surface area contributed by atoms with E-state index in [1.54, 1.807) is 6.92 Å². The van der Waals surface area contributed by atoms with Gasteiger partial charge in [-0.3, -0.25) is 14.4 Å². The van der Waals surface area contributed by atoms with Crippen LogP contribution in [0.5, 0.6) is 11.5 Å². The molecule has 23 heavy (non-hydrogen) atoms. The third-order valence-electron chi connectivity index (χ3n) is 4.43. The van der Waals surface area contributed by atoms with Crippen molar-refractivity contribution in [2.24, 2.45) is 0 Å². The Morgan fingerprint density at radius 1 is 1.00 bits per heavy atom. The highest BCUT2D eigenvalue weighted by Gasteiger charge is 2.51. The number of rotatable bonds is 0. The van der Waals surface area contributed by atoms with Gasteiger partial charge in [-0.05, 0) is 19.1 Å². The van der Waals surface area contributed by atoms with E-state index in [4.69, 9.17) is 9.47 Å². The SMILES string of the molecule is C[C@@H]1O[C@@H]2CC(=O)O[C@@H]2C2=C1C(=O)c1c(O)ccc(O)c1C2=O. The summed E-state index contributed by atoms with van der Waals surface area (Å²) in [5.41, 5.74) is -0.395. The highest BCUT2D eigenvalue weighted by atomic mass is 16.6. The summed E-state index contributed by atoms with van der Waals surface area (Å²) >= 11 is 0. The normalized spacial score (nSPS) is 29.1. The second-order valence-electron chi connectivity index (χ2n) is 5.77. The average Bonchev–Trinajstić information content (AvgIpc) is 2.85. The van der Waals surface area contributed by atoms with Gasteiger partial charge in [-0.15, -0.1) is 0 Å². The smallest absolute Gasteiger partial charge is 0.309 e. The van der Waals surface area contributed by atoms with Gasteiger partial charge in [-0.1, -0.05) is 0 Å². The third kappa shape index (κ3) is 1.71. The van der Waals surface area contributed by atoms with E-state index in [0.29, 0.717) is 0 Å². The van der Waals surface area contributed by atoms with Crippen LogP contribution in [0.25, 0.3) is 0 Å². The van der Waals surface area contributed by atoms with Gasteiger partial charge in [0.05, 0.1) is 29.2 Å². The van der Waals surface area contributed by atoms with Crippen molar-refractivity contribution in [3.8, 4) is 11.5 Å². The molecule has 0 unspecified atom stereocenters. The van der Waals surface area contributed by atoms with Crippen LogP contribution >= 0.6 is 0 Å². The van der Waals surface area contributed by atoms with Crippen molar-refractivity contribution >= 4 is 17.5 Å². The fourth-order valence-electron chi connectivity index (χ4n) is 3.47. The zero-order chi connectivity index (χ0) is 16.5. The Hall–Kier alpha value is -2.67. The summed E-state index contributed by atoms with van der Waals surface area (Å²) in [5, 5.41) is 19.9. The number of phenols is 2. The monoisotopic (exact) mass is 316 g/mol. The van der Waals surface area contributed by atoms with Crippen molar-refractivity contribution in [1.29, 1.82) is 0 Å². The molecule has 3 aliphatic rings. The van der Waals surface area contributed by atoms with Gasteiger partial charge in [0.15, 0.2) is 17.7 Å². The molecule has 1 fully saturated rings. The number of benzene rings is 1. The summed E-state index contributed by atoms with van der Waals surface area (Å²) in [6.07, 6.45) is -2.30. The van der Waals surface area contributed by atoms with Crippen LogP contribution in [0.1, 0.15) is 34.1 Å². The maximum atomic E-state index is 12.8. The lowest BCUT2D eigenvalue weighted by atomic mass is 9.77. The van der Waals surface area contributed by atoms with Crippen LogP contribution in [0.2, 0.25) is 0 Å². The van der Waals surface area contributed by atoms with E-state index >= 15 is 0 Å². The summed E-state index contributed by atoms with van der Waals surface area (Å²) in [7, 11) is 0. The number of carbonyl (C=O) groups excluding carboxylic acids is 3. The lowest BCUT2D eigenvalue weighted by molar-refractivity contribution is -0.140. The predicted molar refractivity (Wildman–Crippen MR) is 74.3 cm³/mol. The topological polar surface area (TPSA) is 110 Å². The van der Waals surface area contributed by atoms with E-state index in [2.05, 4.69) is 0 Å². The lowest BCUT2D eigenvalue weighted by Crippen LogP contribution is -2.44. The number of esters is 1. The molecule has 2 heterocycles. The van der Waals surface area contributed by atoms with Crippen LogP contribution in [-0.2, 0) is 14.3 Å². The van der Waals surface area contributed by atoms with Crippen LogP contribution in [-0.4, -0.2) is 46.1 Å².